The SMILES string of the molecule is C=CCNC(=NC)NCCCCC(F)(F)F. The molecule has 2 N–H and O–H groups in total. The molecule has 0 aromatic carbocycles. The molecule has 0 unspecified atom stereocenters. The van der Waals surface area contributed by atoms with Crippen LogP contribution in [0.15, 0.2) is 17.6 Å². The largest absolute Gasteiger partial charge is 0.389 e. The molecule has 0 atom stereocenters. The number of aliphatic imine (C=N–C) groups is 1. The van der Waals surface area contributed by atoms with E-state index >= 15 is 0 Å². The van der Waals surface area contributed by atoms with Gasteiger partial charge in [0.15, 0.2) is 5.96 Å². The van der Waals surface area contributed by atoms with Gasteiger partial charge in [0.2, 0.25) is 0 Å². The molecule has 0 saturated heterocycles. The van der Waals surface area contributed by atoms with E-state index in [4.69, 9.17) is 0 Å². The Morgan fingerprint density at radius 1 is 1.31 bits per heavy atom. The van der Waals surface area contributed by atoms with E-state index in [0.29, 0.717) is 25.5 Å². The zero-order chi connectivity index (χ0) is 12.4. The maximum absolute atomic E-state index is 11.8. The fourth-order valence-corrected chi connectivity index (χ4v) is 1.05. The summed E-state index contributed by atoms with van der Waals surface area (Å²) in [6.07, 6.45) is -2.50. The van der Waals surface area contributed by atoms with Gasteiger partial charge in [-0.1, -0.05) is 6.08 Å². The Morgan fingerprint density at radius 3 is 2.50 bits per heavy atom. The summed E-state index contributed by atoms with van der Waals surface area (Å²) < 4.78 is 35.4. The average molecular weight is 237 g/mol. The van der Waals surface area contributed by atoms with Gasteiger partial charge in [-0.25, -0.2) is 0 Å². The molecule has 0 spiro atoms. The number of nitrogens with zero attached hydrogens (tertiary/aromatic N) is 1. The molecular weight excluding hydrogens is 219 g/mol. The molecule has 0 aliphatic heterocycles. The number of unbranched alkanes of at least 4 members (excludes halogenated alkanes) is 1. The molecule has 0 bridgehead atoms. The summed E-state index contributed by atoms with van der Waals surface area (Å²) in [7, 11) is 1.61. The van der Waals surface area contributed by atoms with Crippen LogP contribution in [0, 0.1) is 0 Å². The van der Waals surface area contributed by atoms with Crippen molar-refractivity contribution in [1.82, 2.24) is 10.6 Å². The molecule has 16 heavy (non-hydrogen) atoms. The van der Waals surface area contributed by atoms with Crippen LogP contribution >= 0.6 is 0 Å². The van der Waals surface area contributed by atoms with Gasteiger partial charge < -0.3 is 10.6 Å². The molecule has 0 radical (unpaired) electrons. The van der Waals surface area contributed by atoms with Crippen molar-refractivity contribution in [3.63, 3.8) is 0 Å². The minimum absolute atomic E-state index is 0.134. The second-order valence-corrected chi connectivity index (χ2v) is 3.24. The van der Waals surface area contributed by atoms with Crippen molar-refractivity contribution >= 4 is 5.96 Å². The smallest absolute Gasteiger partial charge is 0.356 e. The van der Waals surface area contributed by atoms with E-state index in [1.807, 2.05) is 0 Å². The highest BCUT2D eigenvalue weighted by atomic mass is 19.4. The Morgan fingerprint density at radius 2 is 2.00 bits per heavy atom. The Balaban J connectivity index is 3.53. The summed E-state index contributed by atoms with van der Waals surface area (Å²) in [6, 6.07) is 0. The van der Waals surface area contributed by atoms with Crippen LogP contribution in [0.5, 0.6) is 0 Å². The molecular formula is C10H18F3N3. The van der Waals surface area contributed by atoms with Crippen molar-refractivity contribution < 1.29 is 13.2 Å². The van der Waals surface area contributed by atoms with Crippen molar-refractivity contribution in [2.45, 2.75) is 25.4 Å². The lowest BCUT2D eigenvalue weighted by Crippen LogP contribution is -2.37. The second-order valence-electron chi connectivity index (χ2n) is 3.24. The van der Waals surface area contributed by atoms with Gasteiger partial charge in [0.1, 0.15) is 0 Å². The van der Waals surface area contributed by atoms with Gasteiger partial charge in [-0.15, -0.1) is 6.58 Å². The van der Waals surface area contributed by atoms with Crippen LogP contribution in [-0.2, 0) is 0 Å². The summed E-state index contributed by atoms with van der Waals surface area (Å²) >= 11 is 0. The molecule has 0 amide bonds. The van der Waals surface area contributed by atoms with E-state index < -0.39 is 12.6 Å². The molecule has 0 aromatic heterocycles. The first-order chi connectivity index (χ1) is 7.49. The lowest BCUT2D eigenvalue weighted by molar-refractivity contribution is -0.135. The Hall–Kier alpha value is -1.20. The summed E-state index contributed by atoms with van der Waals surface area (Å²) in [6.45, 7) is 4.58. The summed E-state index contributed by atoms with van der Waals surface area (Å²) in [5, 5.41) is 5.84. The zero-order valence-corrected chi connectivity index (χ0v) is 9.40. The second kappa shape index (κ2) is 8.01. The van der Waals surface area contributed by atoms with Gasteiger partial charge in [-0.2, -0.15) is 13.2 Å². The molecule has 0 rings (SSSR count). The lowest BCUT2D eigenvalue weighted by Gasteiger charge is -2.10. The fraction of sp³-hybridized carbons (Fsp3) is 0.700. The number of nitrogens with one attached hydrogen (secondary N) is 2. The average Bonchev–Trinajstić information content (AvgIpc) is 2.20. The third-order valence-corrected chi connectivity index (χ3v) is 1.82. The predicted molar refractivity (Wildman–Crippen MR) is 59.5 cm³/mol. The van der Waals surface area contributed by atoms with E-state index in [1.54, 1.807) is 13.1 Å². The molecule has 0 fully saturated rings. The third-order valence-electron chi connectivity index (χ3n) is 1.82. The standard InChI is InChI=1S/C10H18F3N3/c1-3-7-15-9(14-2)16-8-5-4-6-10(11,12)13/h3H,1,4-8H2,2H3,(H2,14,15,16). The zero-order valence-electron chi connectivity index (χ0n) is 9.40. The van der Waals surface area contributed by atoms with Crippen LogP contribution in [0.1, 0.15) is 19.3 Å². The molecule has 0 saturated carbocycles. The first-order valence-electron chi connectivity index (χ1n) is 5.11. The maximum Gasteiger partial charge on any atom is 0.389 e. The molecule has 0 heterocycles. The number of halogens is 3. The van der Waals surface area contributed by atoms with E-state index in [1.165, 1.54) is 0 Å². The first kappa shape index (κ1) is 14.8. The van der Waals surface area contributed by atoms with Crippen LogP contribution < -0.4 is 10.6 Å². The van der Waals surface area contributed by atoms with E-state index in [-0.39, 0.29) is 6.42 Å². The molecule has 3 nitrogen and oxygen atoms in total. The van der Waals surface area contributed by atoms with Gasteiger partial charge in [-0.3, -0.25) is 4.99 Å². The van der Waals surface area contributed by atoms with Gasteiger partial charge >= 0.3 is 6.18 Å². The molecule has 0 aliphatic carbocycles. The molecule has 0 aliphatic rings. The number of guanidine groups is 1. The Bertz CT molecular complexity index is 224. The van der Waals surface area contributed by atoms with E-state index in [2.05, 4.69) is 22.2 Å². The Labute approximate surface area is 93.8 Å². The van der Waals surface area contributed by atoms with E-state index in [0.717, 1.165) is 0 Å². The predicted octanol–water partition coefficient (Wildman–Crippen LogP) is 2.07. The maximum atomic E-state index is 11.8. The van der Waals surface area contributed by atoms with E-state index in [9.17, 15) is 13.2 Å². The van der Waals surface area contributed by atoms with Crippen LogP contribution in [0.25, 0.3) is 0 Å². The quantitative estimate of drug-likeness (QED) is 0.321. The van der Waals surface area contributed by atoms with Crippen molar-refractivity contribution in [1.29, 1.82) is 0 Å². The normalized spacial score (nSPS) is 12.4. The van der Waals surface area contributed by atoms with Gasteiger partial charge in [0.05, 0.1) is 0 Å². The summed E-state index contributed by atoms with van der Waals surface area (Å²) in [5.74, 6) is 0.576. The van der Waals surface area contributed by atoms with Crippen LogP contribution in [0.3, 0.4) is 0 Å². The molecule has 0 aromatic rings. The van der Waals surface area contributed by atoms with Crippen LogP contribution in [0.2, 0.25) is 0 Å². The number of rotatable bonds is 6. The molecule has 6 heteroatoms. The lowest BCUT2D eigenvalue weighted by atomic mass is 10.2. The third kappa shape index (κ3) is 9.36. The van der Waals surface area contributed by atoms with Crippen molar-refractivity contribution in [2.75, 3.05) is 20.1 Å². The highest BCUT2D eigenvalue weighted by Crippen LogP contribution is 2.21. The van der Waals surface area contributed by atoms with Crippen molar-refractivity contribution in [2.24, 2.45) is 4.99 Å². The number of hydrogen-bond acceptors (Lipinski definition) is 1. The Kier molecular flexibility index (Phi) is 7.41. The highest BCUT2D eigenvalue weighted by Gasteiger charge is 2.25. The van der Waals surface area contributed by atoms with Gasteiger partial charge in [-0.05, 0) is 12.8 Å². The van der Waals surface area contributed by atoms with Crippen molar-refractivity contribution in [3.05, 3.63) is 12.7 Å². The fourth-order valence-electron chi connectivity index (χ4n) is 1.05. The summed E-state index contributed by atoms with van der Waals surface area (Å²) in [5.41, 5.74) is 0. The summed E-state index contributed by atoms with van der Waals surface area (Å²) in [4.78, 5) is 3.90. The van der Waals surface area contributed by atoms with Crippen molar-refractivity contribution in [3.8, 4) is 0 Å². The van der Waals surface area contributed by atoms with Gasteiger partial charge in [0.25, 0.3) is 0 Å². The first-order valence-corrected chi connectivity index (χ1v) is 5.11. The minimum atomic E-state index is -4.05. The molecule has 94 valence electrons. The topological polar surface area (TPSA) is 36.4 Å². The van der Waals surface area contributed by atoms with Crippen LogP contribution in [-0.4, -0.2) is 32.3 Å². The van der Waals surface area contributed by atoms with Gasteiger partial charge in [0, 0.05) is 26.6 Å². The minimum Gasteiger partial charge on any atom is -0.356 e. The van der Waals surface area contributed by atoms with Crippen LogP contribution in [0.4, 0.5) is 13.2 Å². The number of hydrogen-bond donors (Lipinski definition) is 2. The monoisotopic (exact) mass is 237 g/mol. The highest BCUT2D eigenvalue weighted by molar-refractivity contribution is 5.79. The number of alkyl halides is 3.